The Bertz CT molecular complexity index is 3860. The molecule has 11 aromatic carbocycles. The van der Waals surface area contributed by atoms with Gasteiger partial charge in [-0.05, 0) is 129 Å². The van der Waals surface area contributed by atoms with E-state index in [0.717, 1.165) is 61.4 Å². The summed E-state index contributed by atoms with van der Waals surface area (Å²) in [4.78, 5) is 2.34. The van der Waals surface area contributed by atoms with Crippen LogP contribution < -0.4 is 4.90 Å². The van der Waals surface area contributed by atoms with Gasteiger partial charge in [0.15, 0.2) is 0 Å². The van der Waals surface area contributed by atoms with Crippen molar-refractivity contribution < 1.29 is 4.42 Å². The van der Waals surface area contributed by atoms with E-state index >= 15 is 0 Å². The predicted octanol–water partition coefficient (Wildman–Crippen LogP) is 18.5. The molecular weight excluding hydrogens is 837 g/mol. The fourth-order valence-corrected chi connectivity index (χ4v) is 10.2. The molecule has 0 amide bonds. The lowest BCUT2D eigenvalue weighted by molar-refractivity contribution is 0.670. The molecule has 69 heavy (non-hydrogen) atoms. The Hall–Kier alpha value is -9.18. The molecule has 324 valence electrons. The lowest BCUT2D eigenvalue weighted by Gasteiger charge is -2.26. The van der Waals surface area contributed by atoms with Gasteiger partial charge in [-0.25, -0.2) is 0 Å². The third-order valence-electron chi connectivity index (χ3n) is 13.6. The van der Waals surface area contributed by atoms with E-state index in [4.69, 9.17) is 4.42 Å². The first kappa shape index (κ1) is 40.1. The smallest absolute Gasteiger partial charge is 0.143 e. The highest BCUT2D eigenvalue weighted by molar-refractivity contribution is 6.12. The topological polar surface area (TPSA) is 21.3 Å². The van der Waals surface area contributed by atoms with E-state index in [0.29, 0.717) is 0 Å². The highest BCUT2D eigenvalue weighted by atomic mass is 16.3. The van der Waals surface area contributed by atoms with Gasteiger partial charge in [-0.3, -0.25) is 0 Å². The minimum absolute atomic E-state index is 0.911. The fraction of sp³-hybridized carbons (Fsp3) is 0. The molecule has 13 rings (SSSR count). The summed E-state index contributed by atoms with van der Waals surface area (Å²) < 4.78 is 8.79. The van der Waals surface area contributed by atoms with Crippen LogP contribution in [0.2, 0.25) is 0 Å². The van der Waals surface area contributed by atoms with Crippen LogP contribution in [0, 0.1) is 0 Å². The predicted molar refractivity (Wildman–Crippen MR) is 290 cm³/mol. The van der Waals surface area contributed by atoms with Gasteiger partial charge in [0.1, 0.15) is 11.2 Å². The molecule has 13 aromatic rings. The number of anilines is 3. The van der Waals surface area contributed by atoms with Crippen molar-refractivity contribution in [1.82, 2.24) is 4.57 Å². The highest BCUT2D eigenvalue weighted by Gasteiger charge is 2.18. The molecule has 3 nitrogen and oxygen atoms in total. The Kier molecular flexibility index (Phi) is 9.84. The van der Waals surface area contributed by atoms with Crippen LogP contribution in [-0.4, -0.2) is 4.57 Å². The van der Waals surface area contributed by atoms with Crippen molar-refractivity contribution in [3.05, 3.63) is 267 Å². The van der Waals surface area contributed by atoms with Crippen LogP contribution >= 0.6 is 0 Å². The number of para-hydroxylation sites is 3. The summed E-state index contributed by atoms with van der Waals surface area (Å²) in [6.45, 7) is 0. The normalized spacial score (nSPS) is 11.5. The molecule has 0 aliphatic heterocycles. The molecule has 0 saturated heterocycles. The van der Waals surface area contributed by atoms with Gasteiger partial charge in [-0.2, -0.15) is 0 Å². The molecule has 2 aromatic heterocycles. The second kappa shape index (κ2) is 16.9. The Morgan fingerprint density at radius 3 is 1.19 bits per heavy atom. The van der Waals surface area contributed by atoms with Crippen molar-refractivity contribution >= 4 is 60.8 Å². The Labute approximate surface area is 401 Å². The summed E-state index contributed by atoms with van der Waals surface area (Å²) in [5.41, 5.74) is 20.3. The van der Waals surface area contributed by atoms with Crippen LogP contribution in [-0.2, 0) is 0 Å². The number of fused-ring (bicyclic) bond motifs is 6. The minimum Gasteiger partial charge on any atom is -0.455 e. The van der Waals surface area contributed by atoms with Crippen molar-refractivity contribution in [2.45, 2.75) is 0 Å². The number of furan rings is 1. The van der Waals surface area contributed by atoms with E-state index in [1.807, 2.05) is 12.1 Å². The van der Waals surface area contributed by atoms with Crippen LogP contribution in [0.4, 0.5) is 17.1 Å². The van der Waals surface area contributed by atoms with Gasteiger partial charge in [-0.1, -0.05) is 188 Å². The van der Waals surface area contributed by atoms with E-state index in [9.17, 15) is 0 Å². The van der Waals surface area contributed by atoms with Gasteiger partial charge in [0.25, 0.3) is 0 Å². The fourth-order valence-electron chi connectivity index (χ4n) is 10.2. The molecular formula is C66H44N2O. The average Bonchev–Trinajstić information content (AvgIpc) is 3.98. The first-order valence-corrected chi connectivity index (χ1v) is 23.6. The van der Waals surface area contributed by atoms with E-state index in [1.54, 1.807) is 0 Å². The average molecular weight is 881 g/mol. The molecule has 0 saturated carbocycles. The molecule has 2 heterocycles. The van der Waals surface area contributed by atoms with Crippen molar-refractivity contribution in [2.75, 3.05) is 4.90 Å². The number of nitrogens with zero attached hydrogens (tertiary/aromatic N) is 2. The maximum Gasteiger partial charge on any atom is 0.143 e. The molecule has 0 radical (unpaired) electrons. The van der Waals surface area contributed by atoms with Crippen LogP contribution in [0.15, 0.2) is 271 Å². The molecule has 0 unspecified atom stereocenters. The largest absolute Gasteiger partial charge is 0.455 e. The van der Waals surface area contributed by atoms with Gasteiger partial charge >= 0.3 is 0 Å². The lowest BCUT2D eigenvalue weighted by Crippen LogP contribution is -2.09. The first-order valence-electron chi connectivity index (χ1n) is 23.6. The number of benzene rings is 11. The summed E-state index contributed by atoms with van der Waals surface area (Å²) in [6.07, 6.45) is 0. The van der Waals surface area contributed by atoms with E-state index in [-0.39, 0.29) is 0 Å². The minimum atomic E-state index is 0.911. The zero-order valence-electron chi connectivity index (χ0n) is 37.7. The molecule has 0 fully saturated rings. The summed E-state index contributed by atoms with van der Waals surface area (Å²) in [5, 5.41) is 4.71. The molecule has 3 heteroatoms. The van der Waals surface area contributed by atoms with Gasteiger partial charge in [0.05, 0.1) is 11.0 Å². The maximum absolute atomic E-state index is 6.40. The van der Waals surface area contributed by atoms with Crippen LogP contribution in [0.3, 0.4) is 0 Å². The summed E-state index contributed by atoms with van der Waals surface area (Å²) in [5.74, 6) is 0. The molecule has 0 spiro atoms. The van der Waals surface area contributed by atoms with E-state index in [1.165, 1.54) is 60.8 Å². The molecule has 0 aliphatic rings. The van der Waals surface area contributed by atoms with Crippen molar-refractivity contribution in [2.24, 2.45) is 0 Å². The van der Waals surface area contributed by atoms with Gasteiger partial charge in [0.2, 0.25) is 0 Å². The highest BCUT2D eigenvalue weighted by Crippen LogP contribution is 2.41. The standard InChI is InChI=1S/C66H44N2O/c1-4-13-45(14-5-1)47-27-35-55(36-28-47)67(56-37-29-48(30-38-56)46-15-6-2-7-16-46)57-39-31-50(32-40-57)53-34-42-64-62(44-53)61-43-52(33-41-63(61)68(64)54-17-8-3-9-18-54)49-23-25-51(26-24-49)58-20-12-21-60-59-19-10-11-22-65(59)69-66(58)60/h1-44H. The molecule has 0 N–H and O–H groups in total. The van der Waals surface area contributed by atoms with Crippen molar-refractivity contribution in [1.29, 1.82) is 0 Å². The molecule has 0 bridgehead atoms. The zero-order valence-corrected chi connectivity index (χ0v) is 37.7. The second-order valence-corrected chi connectivity index (χ2v) is 17.7. The van der Waals surface area contributed by atoms with E-state index in [2.05, 4.69) is 264 Å². The van der Waals surface area contributed by atoms with Crippen LogP contribution in [0.25, 0.3) is 105 Å². The third-order valence-corrected chi connectivity index (χ3v) is 13.6. The van der Waals surface area contributed by atoms with E-state index < -0.39 is 0 Å². The van der Waals surface area contributed by atoms with Crippen molar-refractivity contribution in [3.63, 3.8) is 0 Å². The monoisotopic (exact) mass is 880 g/mol. The van der Waals surface area contributed by atoms with Gasteiger partial charge < -0.3 is 13.9 Å². The Morgan fingerprint density at radius 2 is 0.667 bits per heavy atom. The molecule has 0 atom stereocenters. The zero-order chi connectivity index (χ0) is 45.7. The summed E-state index contributed by atoms with van der Waals surface area (Å²) >= 11 is 0. The number of rotatable bonds is 9. The summed E-state index contributed by atoms with van der Waals surface area (Å²) in [7, 11) is 0. The Morgan fingerprint density at radius 1 is 0.275 bits per heavy atom. The van der Waals surface area contributed by atoms with Gasteiger partial charge in [0, 0.05) is 49.9 Å². The second-order valence-electron chi connectivity index (χ2n) is 17.7. The Balaban J connectivity index is 0.871. The summed E-state index contributed by atoms with van der Waals surface area (Å²) in [6, 6.07) is 96.0. The van der Waals surface area contributed by atoms with Gasteiger partial charge in [-0.15, -0.1) is 0 Å². The number of hydrogen-bond donors (Lipinski definition) is 0. The first-order chi connectivity index (χ1) is 34.2. The quantitative estimate of drug-likeness (QED) is 0.144. The molecule has 0 aliphatic carbocycles. The third kappa shape index (κ3) is 7.25. The SMILES string of the molecule is c1ccc(-c2ccc(N(c3ccc(-c4ccccc4)cc3)c3ccc(-c4ccc5c(c4)c4cc(-c6ccc(-c7cccc8c7oc7ccccc78)cc6)ccc4n5-c4ccccc4)cc3)cc2)cc1. The maximum atomic E-state index is 6.40. The number of aromatic nitrogens is 1. The number of hydrogen-bond acceptors (Lipinski definition) is 2. The van der Waals surface area contributed by atoms with Crippen LogP contribution in [0.5, 0.6) is 0 Å². The van der Waals surface area contributed by atoms with Crippen molar-refractivity contribution in [3.8, 4) is 61.3 Å². The van der Waals surface area contributed by atoms with Crippen LogP contribution in [0.1, 0.15) is 0 Å². The lowest BCUT2D eigenvalue weighted by atomic mass is 9.97.